The highest BCUT2D eigenvalue weighted by Crippen LogP contribution is 2.77. The molecule has 0 heterocycles. The highest BCUT2D eigenvalue weighted by molar-refractivity contribution is 6.30. The number of benzene rings is 1. The number of hydrogen-bond acceptors (Lipinski definition) is 5. The molecule has 2 N–H and O–H groups in total. The van der Waals surface area contributed by atoms with Crippen molar-refractivity contribution in [3.63, 3.8) is 0 Å². The molecule has 0 aliphatic heterocycles. The van der Waals surface area contributed by atoms with Gasteiger partial charge in [0.2, 0.25) is 5.91 Å². The van der Waals surface area contributed by atoms with E-state index in [1.54, 1.807) is 0 Å². The van der Waals surface area contributed by atoms with Crippen LogP contribution in [0.3, 0.4) is 0 Å². The number of carboxylic acids is 1. The van der Waals surface area contributed by atoms with Crippen LogP contribution in [0.2, 0.25) is 5.02 Å². The number of allylic oxidation sites excluding steroid dienone is 2. The number of hydrogen-bond donors (Lipinski definition) is 2. The molecule has 56 heavy (non-hydrogen) atoms. The molecule has 0 aromatic heterocycles. The number of fused-ring (bicyclic) bond motifs is 7. The Labute approximate surface area is 339 Å². The van der Waals surface area contributed by atoms with E-state index in [1.807, 2.05) is 38.1 Å². The Morgan fingerprint density at radius 1 is 0.821 bits per heavy atom. The Morgan fingerprint density at radius 2 is 1.50 bits per heavy atom. The van der Waals surface area contributed by atoms with Gasteiger partial charge in [0.15, 0.2) is 5.78 Å². The van der Waals surface area contributed by atoms with E-state index < -0.39 is 22.7 Å². The summed E-state index contributed by atoms with van der Waals surface area (Å²) in [6.45, 7) is 20.4. The molecule has 1 amide bonds. The summed E-state index contributed by atoms with van der Waals surface area (Å²) in [6.07, 6.45) is 10.8. The summed E-state index contributed by atoms with van der Waals surface area (Å²) in [5, 5.41) is 13.8. The van der Waals surface area contributed by atoms with Gasteiger partial charge in [-0.05, 0) is 139 Å². The van der Waals surface area contributed by atoms with Crippen LogP contribution in [0.5, 0.6) is 0 Å². The van der Waals surface area contributed by atoms with E-state index in [2.05, 4.69) is 53.8 Å². The van der Waals surface area contributed by atoms with Crippen molar-refractivity contribution in [2.24, 2.45) is 68.0 Å². The lowest BCUT2D eigenvalue weighted by Crippen LogP contribution is -2.66. The maximum absolute atomic E-state index is 14.2. The summed E-state index contributed by atoms with van der Waals surface area (Å²) in [4.78, 5) is 53.8. The van der Waals surface area contributed by atoms with Crippen LogP contribution in [0.15, 0.2) is 35.4 Å². The van der Waals surface area contributed by atoms with Crippen LogP contribution >= 0.6 is 11.6 Å². The lowest BCUT2D eigenvalue weighted by atomic mass is 9.33. The molecule has 8 rings (SSSR count). The van der Waals surface area contributed by atoms with E-state index in [0.29, 0.717) is 36.1 Å². The van der Waals surface area contributed by atoms with E-state index in [4.69, 9.17) is 16.3 Å². The number of ketones is 1. The average molecular weight is 789 g/mol. The molecule has 6 fully saturated rings. The number of carbonyl (C=O) groups is 4. The summed E-state index contributed by atoms with van der Waals surface area (Å²) >= 11 is 6.21. The Kier molecular flexibility index (Phi) is 9.25. The van der Waals surface area contributed by atoms with E-state index >= 15 is 0 Å². The van der Waals surface area contributed by atoms with Crippen molar-refractivity contribution < 1.29 is 29.0 Å². The smallest absolute Gasteiger partial charge is 0.309 e. The van der Waals surface area contributed by atoms with Gasteiger partial charge in [0.05, 0.1) is 17.4 Å². The molecule has 7 nitrogen and oxygen atoms in total. The largest absolute Gasteiger partial charge is 0.481 e. The number of rotatable bonds is 8. The fourth-order valence-electron chi connectivity index (χ4n) is 15.1. The second kappa shape index (κ2) is 12.9. The number of halogens is 1. The Hall–Kier alpha value is -2.67. The molecule has 0 radical (unpaired) electrons. The van der Waals surface area contributed by atoms with Gasteiger partial charge in [-0.2, -0.15) is 0 Å². The van der Waals surface area contributed by atoms with Crippen LogP contribution in [0.4, 0.5) is 0 Å². The lowest BCUT2D eigenvalue weighted by molar-refractivity contribution is -0.236. The van der Waals surface area contributed by atoms with Crippen LogP contribution in [-0.2, 0) is 29.5 Å². The maximum Gasteiger partial charge on any atom is 0.309 e. The van der Waals surface area contributed by atoms with Crippen molar-refractivity contribution >= 4 is 35.2 Å². The van der Waals surface area contributed by atoms with Crippen molar-refractivity contribution in [1.29, 1.82) is 0 Å². The van der Waals surface area contributed by atoms with Gasteiger partial charge in [0.25, 0.3) is 0 Å². The van der Waals surface area contributed by atoms with Gasteiger partial charge in [-0.1, -0.05) is 91.6 Å². The second-order valence-corrected chi connectivity index (χ2v) is 22.5. The molecular weight excluding hydrogens is 722 g/mol. The summed E-state index contributed by atoms with van der Waals surface area (Å²) in [5.41, 5.74) is 2.01. The van der Waals surface area contributed by atoms with Crippen molar-refractivity contribution in [3.8, 4) is 0 Å². The summed E-state index contributed by atoms with van der Waals surface area (Å²) in [7, 11) is 0. The van der Waals surface area contributed by atoms with E-state index in [1.165, 1.54) is 5.57 Å². The number of amides is 1. The molecule has 1 aromatic rings. The molecule has 306 valence electrons. The third-order valence-electron chi connectivity index (χ3n) is 18.6. The third-order valence-corrected chi connectivity index (χ3v) is 18.9. The molecule has 8 heteroatoms. The van der Waals surface area contributed by atoms with Crippen LogP contribution in [0.1, 0.15) is 151 Å². The van der Waals surface area contributed by atoms with E-state index in [-0.39, 0.29) is 68.7 Å². The normalized spacial score (nSPS) is 41.4. The maximum atomic E-state index is 14.2. The van der Waals surface area contributed by atoms with Crippen molar-refractivity contribution in [3.05, 3.63) is 46.0 Å². The van der Waals surface area contributed by atoms with Gasteiger partial charge in [-0.15, -0.1) is 0 Å². The third kappa shape index (κ3) is 5.60. The van der Waals surface area contributed by atoms with Crippen LogP contribution in [-0.4, -0.2) is 34.8 Å². The first-order valence-corrected chi connectivity index (χ1v) is 22.2. The molecule has 0 spiro atoms. The van der Waals surface area contributed by atoms with Crippen molar-refractivity contribution in [2.45, 2.75) is 157 Å². The predicted molar refractivity (Wildman–Crippen MR) is 217 cm³/mol. The standard InChI is InChI=1S/C48H66ClNO6/c1-27(2)38-33(51)25-47(26-37(52)50-48(22-23-48)28-10-12-29(49)13-11-28)21-20-45(8)30(39(38)47)14-15-35-44(7)18-17-36(43(5,6)34(44)16-19-46(35,45)9)56-41(55)32-24-31(40(53)54)42(32,3)4/h10-13,27,30-32,34-36H,14-26H2,1-9H3,(H,50,52)(H,53,54)/t30?,31-,32+,34-,35+,36-,44-,45+,46+,47-/m0/s1. The van der Waals surface area contributed by atoms with Crippen LogP contribution in [0, 0.1) is 68.0 Å². The summed E-state index contributed by atoms with van der Waals surface area (Å²) in [6, 6.07) is 7.86. The molecule has 10 atom stereocenters. The fourth-order valence-corrected chi connectivity index (χ4v) is 15.2. The first-order chi connectivity index (χ1) is 26.1. The highest BCUT2D eigenvalue weighted by Gasteiger charge is 2.70. The van der Waals surface area contributed by atoms with E-state index in [9.17, 15) is 24.3 Å². The Morgan fingerprint density at radius 3 is 2.11 bits per heavy atom. The number of aliphatic carboxylic acids is 1. The predicted octanol–water partition coefficient (Wildman–Crippen LogP) is 10.5. The number of Topliss-reactive ketones (excluding diaryl/α,β-unsaturated/α-hetero) is 1. The molecule has 7 aliphatic carbocycles. The minimum Gasteiger partial charge on any atom is -0.481 e. The molecule has 1 unspecified atom stereocenters. The number of carboxylic acid groups (broad SMARTS) is 1. The number of ether oxygens (including phenoxy) is 1. The van der Waals surface area contributed by atoms with Gasteiger partial charge in [-0.25, -0.2) is 0 Å². The average Bonchev–Trinajstić information content (AvgIpc) is 3.80. The zero-order valence-corrected chi connectivity index (χ0v) is 36.2. The molecule has 0 bridgehead atoms. The Bertz CT molecular complexity index is 1870. The van der Waals surface area contributed by atoms with Gasteiger partial charge in [0, 0.05) is 28.7 Å². The van der Waals surface area contributed by atoms with Crippen LogP contribution < -0.4 is 5.32 Å². The molecule has 6 saturated carbocycles. The molecule has 7 aliphatic rings. The summed E-state index contributed by atoms with van der Waals surface area (Å²) < 4.78 is 6.43. The molecular formula is C48H66ClNO6. The van der Waals surface area contributed by atoms with Gasteiger partial charge in [0.1, 0.15) is 6.10 Å². The zero-order chi connectivity index (χ0) is 40.6. The van der Waals surface area contributed by atoms with Gasteiger partial charge < -0.3 is 15.2 Å². The number of carbonyl (C=O) groups excluding carboxylic acids is 3. The minimum absolute atomic E-state index is 0.00503. The SMILES string of the molecule is CC(C)C1=C2C3CC[C@@H]4[C@@]5(C)CC[C@H](OC(=O)[C@H]6C[C@@H](C(=O)O)C6(C)C)C(C)(C)[C@@H]5CC[C@@]4(C)[C@]3(C)CC[C@@]2(CC(=O)NC2(c3ccc(Cl)cc3)CC2)CC1=O. The number of nitrogens with one attached hydrogen (secondary N) is 1. The Balaban J connectivity index is 1.04. The fraction of sp³-hybridized carbons (Fsp3) is 0.750. The number of esters is 1. The van der Waals surface area contributed by atoms with E-state index in [0.717, 1.165) is 75.3 Å². The highest BCUT2D eigenvalue weighted by atomic mass is 35.5. The zero-order valence-electron chi connectivity index (χ0n) is 35.4. The second-order valence-electron chi connectivity index (χ2n) is 22.1. The molecule has 0 saturated heterocycles. The van der Waals surface area contributed by atoms with Crippen molar-refractivity contribution in [2.75, 3.05) is 0 Å². The topological polar surface area (TPSA) is 110 Å². The summed E-state index contributed by atoms with van der Waals surface area (Å²) in [5.74, 6) is -0.353. The lowest BCUT2D eigenvalue weighted by Gasteiger charge is -2.72. The van der Waals surface area contributed by atoms with Crippen molar-refractivity contribution in [1.82, 2.24) is 5.32 Å². The van der Waals surface area contributed by atoms with Gasteiger partial charge >= 0.3 is 11.9 Å². The van der Waals surface area contributed by atoms with Crippen LogP contribution in [0.25, 0.3) is 0 Å². The first-order valence-electron chi connectivity index (χ1n) is 21.8. The van der Waals surface area contributed by atoms with Gasteiger partial charge in [-0.3, -0.25) is 19.2 Å². The first kappa shape index (κ1) is 40.1. The quantitative estimate of drug-likeness (QED) is 0.254. The minimum atomic E-state index is -0.830. The monoisotopic (exact) mass is 787 g/mol. The molecule has 1 aromatic carbocycles.